The molecule has 2 unspecified atom stereocenters. The molecule has 2 aromatic carbocycles. The molecule has 1 aliphatic heterocycles. The largest absolute Gasteiger partial charge is 0.493 e. The number of methoxy groups -OCH3 is 3. The average Bonchev–Trinajstić information content (AvgIpc) is 2.89. The molecule has 0 saturated carbocycles. The standard InChI is InChI=1S/C30H42NO6/c1-8-17-37-29(33)27-23(21-18-24(34-5)28(36-7)25(19-21)35-6)15-12-16-31(27,22-13-10-9-11-14-22)26(32)20-30(2,3)4/h9-11,13-14,18-19,23,27H,8,12,15-17,20H2,1-7H3/q+1/t23?,27?,31-/m0/s1. The summed E-state index contributed by atoms with van der Waals surface area (Å²) in [6, 6.07) is 12.7. The maximum absolute atomic E-state index is 14.3. The van der Waals surface area contributed by atoms with Gasteiger partial charge in [-0.25, -0.2) is 14.1 Å². The van der Waals surface area contributed by atoms with Crippen molar-refractivity contribution in [2.24, 2.45) is 5.41 Å². The third-order valence-corrected chi connectivity index (χ3v) is 7.03. The minimum atomic E-state index is -0.750. The number of hydrogen-bond donors (Lipinski definition) is 0. The molecule has 1 heterocycles. The topological polar surface area (TPSA) is 71.1 Å². The van der Waals surface area contributed by atoms with Crippen LogP contribution in [0, 0.1) is 5.41 Å². The number of likely N-dealkylation sites (tertiary alicyclic amines) is 1. The Hall–Kier alpha value is -3.06. The number of carbonyl (C=O) groups is 2. The number of esters is 1. The third kappa shape index (κ3) is 5.93. The van der Waals surface area contributed by atoms with E-state index in [-0.39, 0.29) is 27.7 Å². The van der Waals surface area contributed by atoms with E-state index in [1.807, 2.05) is 49.4 Å². The molecular weight excluding hydrogens is 470 g/mol. The predicted molar refractivity (Wildman–Crippen MR) is 145 cm³/mol. The number of amides is 1. The van der Waals surface area contributed by atoms with Gasteiger partial charge in [0.1, 0.15) is 5.69 Å². The van der Waals surface area contributed by atoms with E-state index in [1.54, 1.807) is 21.3 Å². The van der Waals surface area contributed by atoms with E-state index in [2.05, 4.69) is 20.8 Å². The first kappa shape index (κ1) is 28.5. The number of carbonyl (C=O) groups excluding carboxylic acids is 2. The molecule has 3 atom stereocenters. The fraction of sp³-hybridized carbons (Fsp3) is 0.533. The van der Waals surface area contributed by atoms with Crippen molar-refractivity contribution < 1.29 is 28.5 Å². The van der Waals surface area contributed by atoms with Crippen molar-refractivity contribution in [2.75, 3.05) is 34.5 Å². The molecular formula is C30H42NO6+. The molecule has 0 bridgehead atoms. The fourth-order valence-corrected chi connectivity index (χ4v) is 5.46. The fourth-order valence-electron chi connectivity index (χ4n) is 5.46. The van der Waals surface area contributed by atoms with Gasteiger partial charge in [0.15, 0.2) is 11.5 Å². The molecule has 1 aliphatic rings. The van der Waals surface area contributed by atoms with Crippen LogP contribution in [0.3, 0.4) is 0 Å². The van der Waals surface area contributed by atoms with Crippen molar-refractivity contribution in [1.29, 1.82) is 0 Å². The summed E-state index contributed by atoms with van der Waals surface area (Å²) in [7, 11) is 4.71. The van der Waals surface area contributed by atoms with Gasteiger partial charge >= 0.3 is 11.9 Å². The number of hydrogen-bond acceptors (Lipinski definition) is 6. The van der Waals surface area contributed by atoms with Gasteiger partial charge in [-0.2, -0.15) is 0 Å². The quantitative estimate of drug-likeness (QED) is 0.309. The Labute approximate surface area is 221 Å². The lowest BCUT2D eigenvalue weighted by molar-refractivity contribution is -0.158. The minimum absolute atomic E-state index is 0.0225. The molecule has 1 amide bonds. The van der Waals surface area contributed by atoms with Crippen molar-refractivity contribution in [2.45, 2.75) is 65.3 Å². The number of rotatable bonds is 9. The van der Waals surface area contributed by atoms with Crippen molar-refractivity contribution in [3.63, 3.8) is 0 Å². The summed E-state index contributed by atoms with van der Waals surface area (Å²) in [5.74, 6) is 0.891. The van der Waals surface area contributed by atoms with Crippen LogP contribution in [0.2, 0.25) is 0 Å². The van der Waals surface area contributed by atoms with Crippen molar-refractivity contribution in [1.82, 2.24) is 4.48 Å². The first-order valence-electron chi connectivity index (χ1n) is 13.1. The number of quaternary nitrogens is 1. The molecule has 37 heavy (non-hydrogen) atoms. The number of ether oxygens (including phenoxy) is 4. The monoisotopic (exact) mass is 512 g/mol. The Morgan fingerprint density at radius 3 is 2.11 bits per heavy atom. The molecule has 0 N–H and O–H groups in total. The first-order valence-corrected chi connectivity index (χ1v) is 13.1. The number of piperidine rings is 1. The van der Waals surface area contributed by atoms with Gasteiger partial charge in [-0.15, -0.1) is 0 Å². The van der Waals surface area contributed by atoms with Crippen LogP contribution in [0.4, 0.5) is 5.69 Å². The van der Waals surface area contributed by atoms with E-state index in [4.69, 9.17) is 18.9 Å². The molecule has 7 heteroatoms. The van der Waals surface area contributed by atoms with E-state index < -0.39 is 6.04 Å². The first-order chi connectivity index (χ1) is 17.6. The summed E-state index contributed by atoms with van der Waals surface area (Å²) < 4.78 is 22.5. The predicted octanol–water partition coefficient (Wildman–Crippen LogP) is 5.88. The van der Waals surface area contributed by atoms with Gasteiger partial charge in [0.05, 0.1) is 40.9 Å². The van der Waals surface area contributed by atoms with Crippen LogP contribution in [0.15, 0.2) is 42.5 Å². The summed E-state index contributed by atoms with van der Waals surface area (Å²) in [5.41, 5.74) is 1.43. The summed E-state index contributed by atoms with van der Waals surface area (Å²) in [5, 5.41) is 0. The molecule has 0 spiro atoms. The van der Waals surface area contributed by atoms with Crippen molar-refractivity contribution in [3.8, 4) is 17.2 Å². The third-order valence-electron chi connectivity index (χ3n) is 7.03. The summed E-state index contributed by atoms with van der Waals surface area (Å²) in [6.45, 7) is 8.96. The van der Waals surface area contributed by atoms with E-state index in [0.717, 1.165) is 24.1 Å². The zero-order valence-corrected chi connectivity index (χ0v) is 23.3. The highest BCUT2D eigenvalue weighted by molar-refractivity contribution is 5.96. The number of para-hydroxylation sites is 1. The van der Waals surface area contributed by atoms with Crippen LogP contribution < -0.4 is 18.7 Å². The lowest BCUT2D eigenvalue weighted by Crippen LogP contribution is -2.68. The van der Waals surface area contributed by atoms with Gasteiger partial charge in [0.2, 0.25) is 11.8 Å². The van der Waals surface area contributed by atoms with Gasteiger partial charge in [-0.1, -0.05) is 45.9 Å². The van der Waals surface area contributed by atoms with Crippen LogP contribution in [0.5, 0.6) is 17.2 Å². The Bertz CT molecular complexity index is 1050. The Balaban J connectivity index is 2.28. The van der Waals surface area contributed by atoms with Gasteiger partial charge in [0.25, 0.3) is 0 Å². The van der Waals surface area contributed by atoms with Crippen LogP contribution in [0.25, 0.3) is 0 Å². The second-order valence-electron chi connectivity index (χ2n) is 10.9. The highest BCUT2D eigenvalue weighted by Crippen LogP contribution is 2.47. The maximum atomic E-state index is 14.3. The number of benzene rings is 2. The Morgan fingerprint density at radius 2 is 1.59 bits per heavy atom. The molecule has 2 aromatic rings. The molecule has 202 valence electrons. The van der Waals surface area contributed by atoms with Crippen molar-refractivity contribution >= 4 is 17.6 Å². The summed E-state index contributed by atoms with van der Waals surface area (Å²) in [6.07, 6.45) is 2.53. The molecule has 0 aromatic heterocycles. The maximum Gasteiger partial charge on any atom is 0.366 e. The molecule has 1 fully saturated rings. The molecule has 0 radical (unpaired) electrons. The molecule has 1 saturated heterocycles. The minimum Gasteiger partial charge on any atom is -0.493 e. The van der Waals surface area contributed by atoms with Crippen LogP contribution in [-0.4, -0.2) is 52.4 Å². The van der Waals surface area contributed by atoms with E-state index >= 15 is 0 Å². The highest BCUT2D eigenvalue weighted by atomic mass is 16.5. The van der Waals surface area contributed by atoms with Gasteiger partial charge in [-0.05, 0) is 54.5 Å². The molecule has 3 rings (SSSR count). The second-order valence-corrected chi connectivity index (χ2v) is 10.9. The Kier molecular flexibility index (Phi) is 9.24. The smallest absolute Gasteiger partial charge is 0.366 e. The number of nitrogens with zero attached hydrogens (tertiary/aromatic N) is 1. The van der Waals surface area contributed by atoms with Crippen LogP contribution >= 0.6 is 0 Å². The summed E-state index contributed by atoms with van der Waals surface area (Å²) >= 11 is 0. The highest BCUT2D eigenvalue weighted by Gasteiger charge is 2.57. The second kappa shape index (κ2) is 12.0. The van der Waals surface area contributed by atoms with E-state index in [9.17, 15) is 9.59 Å². The van der Waals surface area contributed by atoms with Gasteiger partial charge in [0, 0.05) is 5.92 Å². The van der Waals surface area contributed by atoms with Gasteiger partial charge in [-0.3, -0.25) is 0 Å². The van der Waals surface area contributed by atoms with Gasteiger partial charge < -0.3 is 18.9 Å². The zero-order valence-electron chi connectivity index (χ0n) is 23.3. The van der Waals surface area contributed by atoms with Crippen molar-refractivity contribution in [3.05, 3.63) is 48.0 Å². The van der Waals surface area contributed by atoms with E-state index in [0.29, 0.717) is 43.2 Å². The van der Waals surface area contributed by atoms with Crippen LogP contribution in [-0.2, 0) is 14.3 Å². The molecule has 0 aliphatic carbocycles. The average molecular weight is 513 g/mol. The lowest BCUT2D eigenvalue weighted by atomic mass is 9.79. The van der Waals surface area contributed by atoms with Crippen LogP contribution in [0.1, 0.15) is 64.9 Å². The normalized spacial score (nSPS) is 21.7. The summed E-state index contributed by atoms with van der Waals surface area (Å²) in [4.78, 5) is 28.3. The lowest BCUT2D eigenvalue weighted by Gasteiger charge is -2.47. The SMILES string of the molecule is CCCOC(=O)C1C(c2cc(OC)c(OC)c(OC)c2)CCC[N@@+]1(C(=O)CC(C)(C)C)c1ccccc1. The molecule has 7 nitrogen and oxygen atoms in total. The Morgan fingerprint density at radius 1 is 0.973 bits per heavy atom. The van der Waals surface area contributed by atoms with E-state index in [1.165, 1.54) is 0 Å². The zero-order chi connectivity index (χ0) is 27.2.